The third kappa shape index (κ3) is 3.91. The highest BCUT2D eigenvalue weighted by Gasteiger charge is 2.56. The number of nitrogens with zero attached hydrogens (tertiary/aromatic N) is 2. The monoisotopic (exact) mass is 410 g/mol. The van der Waals surface area contributed by atoms with E-state index >= 15 is 0 Å². The van der Waals surface area contributed by atoms with E-state index in [2.05, 4.69) is 13.2 Å². The number of likely N-dealkylation sites (tertiary alicyclic amines) is 1. The van der Waals surface area contributed by atoms with E-state index in [1.54, 1.807) is 29.2 Å². The van der Waals surface area contributed by atoms with Gasteiger partial charge >= 0.3 is 0 Å². The highest BCUT2D eigenvalue weighted by Crippen LogP contribution is 2.46. The van der Waals surface area contributed by atoms with Crippen LogP contribution in [0.1, 0.15) is 44.1 Å². The molecule has 3 amide bonds. The van der Waals surface area contributed by atoms with Crippen LogP contribution in [0.5, 0.6) is 5.75 Å². The van der Waals surface area contributed by atoms with Crippen molar-refractivity contribution < 1.29 is 19.1 Å². The molecule has 0 spiro atoms. The maximum Gasteiger partial charge on any atom is 0.241 e. The van der Waals surface area contributed by atoms with Crippen molar-refractivity contribution in [3.8, 4) is 5.75 Å². The summed E-state index contributed by atoms with van der Waals surface area (Å²) >= 11 is 0. The molecule has 1 aliphatic carbocycles. The van der Waals surface area contributed by atoms with Gasteiger partial charge in [0.2, 0.25) is 17.7 Å². The first-order chi connectivity index (χ1) is 14.5. The number of benzene rings is 1. The summed E-state index contributed by atoms with van der Waals surface area (Å²) < 4.78 is 5.52. The molecular formula is C24H30N2O4. The van der Waals surface area contributed by atoms with E-state index in [4.69, 9.17) is 4.74 Å². The maximum absolute atomic E-state index is 13.8. The van der Waals surface area contributed by atoms with Gasteiger partial charge in [-0.05, 0) is 18.9 Å². The molecule has 0 aromatic heterocycles. The number of carbonyl (C=O) groups excluding carboxylic acids is 3. The first-order valence-corrected chi connectivity index (χ1v) is 10.5. The summed E-state index contributed by atoms with van der Waals surface area (Å²) in [5, 5.41) is 0. The van der Waals surface area contributed by atoms with Gasteiger partial charge in [-0.1, -0.05) is 43.2 Å². The second-order valence-electron chi connectivity index (χ2n) is 8.02. The number of hydrogen-bond acceptors (Lipinski definition) is 4. The van der Waals surface area contributed by atoms with E-state index in [-0.39, 0.29) is 36.6 Å². The molecule has 1 saturated carbocycles. The number of methoxy groups -OCH3 is 1. The van der Waals surface area contributed by atoms with Crippen molar-refractivity contribution in [2.75, 3.05) is 20.2 Å². The molecule has 2 aliphatic rings. The van der Waals surface area contributed by atoms with Crippen molar-refractivity contribution in [1.82, 2.24) is 9.80 Å². The summed E-state index contributed by atoms with van der Waals surface area (Å²) in [5.41, 5.74) is -0.666. The zero-order chi connectivity index (χ0) is 21.7. The minimum atomic E-state index is -1.26. The lowest BCUT2D eigenvalue weighted by atomic mass is 9.75. The minimum absolute atomic E-state index is 0.0233. The Morgan fingerprint density at radius 1 is 1.20 bits per heavy atom. The Hall–Kier alpha value is -2.89. The molecule has 3 rings (SSSR count). The fraction of sp³-hybridized carbons (Fsp3) is 0.458. The quantitative estimate of drug-likeness (QED) is 0.463. The molecule has 6 heteroatoms. The Bertz CT molecular complexity index is 833. The number of ether oxygens (including phenoxy) is 1. The molecule has 1 aliphatic heterocycles. The van der Waals surface area contributed by atoms with E-state index in [0.717, 1.165) is 25.7 Å². The highest BCUT2D eigenvalue weighted by molar-refractivity contribution is 6.11. The van der Waals surface area contributed by atoms with Crippen molar-refractivity contribution in [3.05, 3.63) is 55.1 Å². The Balaban J connectivity index is 2.05. The van der Waals surface area contributed by atoms with Crippen LogP contribution in [-0.2, 0) is 19.8 Å². The molecular weight excluding hydrogens is 380 g/mol. The number of imide groups is 1. The van der Waals surface area contributed by atoms with Gasteiger partial charge in [0.1, 0.15) is 5.75 Å². The molecule has 0 N–H and O–H groups in total. The Labute approximate surface area is 178 Å². The van der Waals surface area contributed by atoms with Crippen LogP contribution >= 0.6 is 0 Å². The average Bonchev–Trinajstić information content (AvgIpc) is 3.34. The van der Waals surface area contributed by atoms with Gasteiger partial charge in [0, 0.05) is 37.5 Å². The third-order valence-electron chi connectivity index (χ3n) is 6.17. The molecule has 1 unspecified atom stereocenters. The number of rotatable bonds is 9. The molecule has 0 radical (unpaired) electrons. The fourth-order valence-electron chi connectivity index (χ4n) is 4.74. The van der Waals surface area contributed by atoms with Crippen molar-refractivity contribution in [2.45, 2.75) is 50.0 Å². The van der Waals surface area contributed by atoms with Crippen molar-refractivity contribution in [3.63, 3.8) is 0 Å². The van der Waals surface area contributed by atoms with Crippen LogP contribution in [0.25, 0.3) is 0 Å². The third-order valence-corrected chi connectivity index (χ3v) is 6.17. The first kappa shape index (κ1) is 21.8. The van der Waals surface area contributed by atoms with E-state index in [9.17, 15) is 14.4 Å². The lowest BCUT2D eigenvalue weighted by Gasteiger charge is -2.32. The van der Waals surface area contributed by atoms with E-state index < -0.39 is 5.41 Å². The van der Waals surface area contributed by atoms with Gasteiger partial charge in [-0.15, -0.1) is 13.2 Å². The molecule has 2 fully saturated rings. The minimum Gasteiger partial charge on any atom is -0.496 e. The van der Waals surface area contributed by atoms with Crippen molar-refractivity contribution in [2.24, 2.45) is 0 Å². The molecule has 30 heavy (non-hydrogen) atoms. The molecule has 6 nitrogen and oxygen atoms in total. The number of para-hydroxylation sites is 1. The SMILES string of the molecule is C=CCN(CC=C)C(=O)CC1(c2ccccc2OC)CC(=O)N(C2CCCC2)C1=O. The molecule has 160 valence electrons. The lowest BCUT2D eigenvalue weighted by molar-refractivity contribution is -0.144. The van der Waals surface area contributed by atoms with Gasteiger partial charge in [-0.2, -0.15) is 0 Å². The topological polar surface area (TPSA) is 66.9 Å². The predicted octanol–water partition coefficient (Wildman–Crippen LogP) is 3.23. The Kier molecular flexibility index (Phi) is 6.75. The summed E-state index contributed by atoms with van der Waals surface area (Å²) in [6, 6.07) is 7.11. The lowest BCUT2D eigenvalue weighted by Crippen LogP contribution is -2.46. The van der Waals surface area contributed by atoms with Crippen molar-refractivity contribution in [1.29, 1.82) is 0 Å². The zero-order valence-electron chi connectivity index (χ0n) is 17.6. The second-order valence-corrected chi connectivity index (χ2v) is 8.02. The van der Waals surface area contributed by atoms with Gasteiger partial charge in [0.05, 0.1) is 12.5 Å². The summed E-state index contributed by atoms with van der Waals surface area (Å²) in [6.45, 7) is 8.12. The van der Waals surface area contributed by atoms with Crippen LogP contribution in [0.3, 0.4) is 0 Å². The van der Waals surface area contributed by atoms with Gasteiger partial charge < -0.3 is 9.64 Å². The highest BCUT2D eigenvalue weighted by atomic mass is 16.5. The van der Waals surface area contributed by atoms with E-state index in [1.807, 2.05) is 12.1 Å². The average molecular weight is 411 g/mol. The van der Waals surface area contributed by atoms with Crippen molar-refractivity contribution >= 4 is 17.7 Å². The predicted molar refractivity (Wildman–Crippen MR) is 115 cm³/mol. The van der Waals surface area contributed by atoms with Gasteiger partial charge in [0.25, 0.3) is 0 Å². The fourth-order valence-corrected chi connectivity index (χ4v) is 4.74. The number of amides is 3. The van der Waals surface area contributed by atoms with E-state index in [1.165, 1.54) is 12.0 Å². The standard InChI is InChI=1S/C24H30N2O4/c1-4-14-25(15-5-2)21(27)16-24(19-12-8-9-13-20(19)30-3)17-22(28)26(23(24)29)18-10-6-7-11-18/h4-5,8-9,12-13,18H,1-2,6-7,10-11,14-17H2,3H3. The molecule has 1 heterocycles. The first-order valence-electron chi connectivity index (χ1n) is 10.5. The normalized spacial score (nSPS) is 21.7. The zero-order valence-corrected chi connectivity index (χ0v) is 17.6. The molecule has 1 saturated heterocycles. The van der Waals surface area contributed by atoms with Gasteiger partial charge in [0.15, 0.2) is 0 Å². The molecule has 1 atom stereocenters. The Morgan fingerprint density at radius 2 is 1.83 bits per heavy atom. The van der Waals surface area contributed by atoms with Gasteiger partial charge in [-0.3, -0.25) is 19.3 Å². The van der Waals surface area contributed by atoms with Crippen LogP contribution in [-0.4, -0.2) is 53.8 Å². The summed E-state index contributed by atoms with van der Waals surface area (Å²) in [7, 11) is 1.53. The van der Waals surface area contributed by atoms with Crippen LogP contribution < -0.4 is 4.74 Å². The number of carbonyl (C=O) groups is 3. The smallest absolute Gasteiger partial charge is 0.241 e. The van der Waals surface area contributed by atoms with Crippen LogP contribution in [0.4, 0.5) is 0 Å². The molecule has 0 bridgehead atoms. The summed E-state index contributed by atoms with van der Waals surface area (Å²) in [6.07, 6.45) is 6.84. The summed E-state index contributed by atoms with van der Waals surface area (Å²) in [4.78, 5) is 43.1. The van der Waals surface area contributed by atoms with Crippen LogP contribution in [0, 0.1) is 0 Å². The van der Waals surface area contributed by atoms with E-state index in [0.29, 0.717) is 24.4 Å². The maximum atomic E-state index is 13.8. The van der Waals surface area contributed by atoms with Crippen LogP contribution in [0.2, 0.25) is 0 Å². The molecule has 1 aromatic rings. The Morgan fingerprint density at radius 3 is 2.43 bits per heavy atom. The summed E-state index contributed by atoms with van der Waals surface area (Å²) in [5.74, 6) is -0.187. The van der Waals surface area contributed by atoms with Gasteiger partial charge in [-0.25, -0.2) is 0 Å². The number of hydrogen-bond donors (Lipinski definition) is 0. The second kappa shape index (κ2) is 9.28. The largest absolute Gasteiger partial charge is 0.496 e. The van der Waals surface area contributed by atoms with Crippen LogP contribution in [0.15, 0.2) is 49.6 Å². The molecule has 1 aromatic carbocycles.